The lowest BCUT2D eigenvalue weighted by Gasteiger charge is -2.31. The van der Waals surface area contributed by atoms with Crippen LogP contribution in [0, 0.1) is 17.5 Å². The van der Waals surface area contributed by atoms with E-state index in [9.17, 15) is 27.6 Å². The maximum absolute atomic E-state index is 14.1. The van der Waals surface area contributed by atoms with Crippen LogP contribution in [0.25, 0.3) is 10.6 Å². The van der Waals surface area contributed by atoms with Crippen LogP contribution in [-0.4, -0.2) is 52.9 Å². The number of aromatic nitrogens is 2. The maximum Gasteiger partial charge on any atom is 0.413 e. The molecule has 0 radical (unpaired) electrons. The normalized spacial score (nSPS) is 11.5. The third kappa shape index (κ3) is 8.75. The molecule has 0 aliphatic heterocycles. The summed E-state index contributed by atoms with van der Waals surface area (Å²) < 4.78 is 50.8. The topological polar surface area (TPSA) is 123 Å². The predicted octanol–water partition coefficient (Wildman–Crippen LogP) is 4.44. The summed E-state index contributed by atoms with van der Waals surface area (Å²) in [6.45, 7) is 0.731. The summed E-state index contributed by atoms with van der Waals surface area (Å²) in [7, 11) is 1.25. The van der Waals surface area contributed by atoms with Gasteiger partial charge >= 0.3 is 12.1 Å². The lowest BCUT2D eigenvalue weighted by atomic mass is 10.1. The average Bonchev–Trinajstić information content (AvgIpc) is 3.37. The van der Waals surface area contributed by atoms with Gasteiger partial charge in [0, 0.05) is 31.0 Å². The van der Waals surface area contributed by atoms with Crippen LogP contribution >= 0.6 is 11.3 Å². The van der Waals surface area contributed by atoms with Crippen molar-refractivity contribution in [2.75, 3.05) is 19.0 Å². The third-order valence-corrected chi connectivity index (χ3v) is 6.34. The largest absolute Gasteiger partial charge is 0.469 e. The number of hydrogen-bond acceptors (Lipinski definition) is 9. The molecule has 0 saturated heterocycles. The Kier molecular flexibility index (Phi) is 10.8. The molecule has 0 spiro atoms. The molecular weight excluding hydrogens is 539 g/mol. The molecule has 0 aliphatic rings. The minimum Gasteiger partial charge on any atom is -0.469 e. The van der Waals surface area contributed by atoms with E-state index >= 15 is 0 Å². The van der Waals surface area contributed by atoms with Gasteiger partial charge in [-0.2, -0.15) is 0 Å². The molecule has 10 nitrogen and oxygen atoms in total. The van der Waals surface area contributed by atoms with Crippen LogP contribution in [-0.2, 0) is 25.6 Å². The van der Waals surface area contributed by atoms with Gasteiger partial charge in [-0.25, -0.2) is 23.4 Å². The fourth-order valence-electron chi connectivity index (χ4n) is 3.50. The Labute approximate surface area is 226 Å². The molecule has 0 fully saturated rings. The number of hydrazine groups is 1. The standard InChI is InChI=1S/C25H26F3N5O5S/c1-15(34)33(29-13-17-5-3-7-20(27)22(17)28)19(6-4-8-21(35)37-2)14-38-25(36)30-24-32-31-23(39-24)16-9-11-18(26)12-10-16/h3,5,7,9-12,19,29H,4,6,8,13-14H2,1-2H3,(H,30,32,36)/t19-/m0/s1. The fourth-order valence-corrected chi connectivity index (χ4v) is 4.24. The van der Waals surface area contributed by atoms with Crippen LogP contribution in [0.5, 0.6) is 0 Å². The Balaban J connectivity index is 1.65. The smallest absolute Gasteiger partial charge is 0.413 e. The molecule has 39 heavy (non-hydrogen) atoms. The predicted molar refractivity (Wildman–Crippen MR) is 136 cm³/mol. The Morgan fingerprint density at radius 2 is 1.82 bits per heavy atom. The van der Waals surface area contributed by atoms with Crippen LogP contribution in [0.2, 0.25) is 0 Å². The number of benzene rings is 2. The zero-order chi connectivity index (χ0) is 28.4. The van der Waals surface area contributed by atoms with E-state index in [1.54, 1.807) is 0 Å². The molecule has 2 aromatic carbocycles. The maximum atomic E-state index is 14.1. The monoisotopic (exact) mass is 565 g/mol. The number of carbonyl (C=O) groups excluding carboxylic acids is 3. The van der Waals surface area contributed by atoms with Crippen LogP contribution in [0.1, 0.15) is 31.7 Å². The molecule has 208 valence electrons. The van der Waals surface area contributed by atoms with Gasteiger partial charge in [0.2, 0.25) is 11.0 Å². The summed E-state index contributed by atoms with van der Waals surface area (Å²) in [5.74, 6) is -3.42. The number of hydrogen-bond donors (Lipinski definition) is 2. The highest BCUT2D eigenvalue weighted by Gasteiger charge is 2.24. The van der Waals surface area contributed by atoms with Crippen molar-refractivity contribution < 1.29 is 37.0 Å². The summed E-state index contributed by atoms with van der Waals surface area (Å²) in [4.78, 5) is 36.4. The van der Waals surface area contributed by atoms with E-state index in [-0.39, 0.29) is 36.7 Å². The number of halogens is 3. The van der Waals surface area contributed by atoms with E-state index < -0.39 is 41.5 Å². The number of rotatable bonds is 12. The van der Waals surface area contributed by atoms with E-state index in [0.717, 1.165) is 22.4 Å². The third-order valence-electron chi connectivity index (χ3n) is 5.45. The van der Waals surface area contributed by atoms with Gasteiger partial charge in [0.1, 0.15) is 17.4 Å². The Morgan fingerprint density at radius 3 is 2.51 bits per heavy atom. The highest BCUT2D eigenvalue weighted by molar-refractivity contribution is 7.18. The van der Waals surface area contributed by atoms with Gasteiger partial charge in [0.15, 0.2) is 11.6 Å². The SMILES string of the molecule is COC(=O)CCC[C@@H](COC(=O)Nc1nnc(-c2ccc(F)cc2)s1)N(NCc1cccc(F)c1F)C(C)=O. The van der Waals surface area contributed by atoms with E-state index in [2.05, 4.69) is 25.7 Å². The van der Waals surface area contributed by atoms with Gasteiger partial charge < -0.3 is 9.47 Å². The van der Waals surface area contributed by atoms with Crippen molar-refractivity contribution >= 4 is 34.4 Å². The highest BCUT2D eigenvalue weighted by atomic mass is 32.1. The van der Waals surface area contributed by atoms with Crippen molar-refractivity contribution in [3.05, 3.63) is 65.5 Å². The number of methoxy groups -OCH3 is 1. The molecule has 14 heteroatoms. The van der Waals surface area contributed by atoms with Gasteiger partial charge in [0.05, 0.1) is 13.2 Å². The molecule has 0 bridgehead atoms. The number of carbonyl (C=O) groups is 3. The fraction of sp³-hybridized carbons (Fsp3) is 0.320. The Bertz CT molecular complexity index is 1290. The minimum atomic E-state index is -1.05. The Hall–Kier alpha value is -4.04. The summed E-state index contributed by atoms with van der Waals surface area (Å²) in [5.41, 5.74) is 3.35. The van der Waals surface area contributed by atoms with Gasteiger partial charge in [0.25, 0.3) is 0 Å². The number of amides is 2. The molecular formula is C25H26F3N5O5S. The van der Waals surface area contributed by atoms with Crippen molar-refractivity contribution in [2.24, 2.45) is 0 Å². The number of esters is 1. The molecule has 1 aromatic heterocycles. The molecule has 3 rings (SSSR count). The molecule has 1 atom stereocenters. The first-order valence-electron chi connectivity index (χ1n) is 11.7. The number of nitrogens with zero attached hydrogens (tertiary/aromatic N) is 3. The summed E-state index contributed by atoms with van der Waals surface area (Å²) in [6.07, 6.45) is -0.317. The molecule has 0 saturated carbocycles. The second-order valence-corrected chi connectivity index (χ2v) is 9.18. The van der Waals surface area contributed by atoms with Gasteiger partial charge in [-0.15, -0.1) is 10.2 Å². The second kappa shape index (κ2) is 14.2. The second-order valence-electron chi connectivity index (χ2n) is 8.20. The van der Waals surface area contributed by atoms with Crippen LogP contribution < -0.4 is 10.7 Å². The average molecular weight is 566 g/mol. The van der Waals surface area contributed by atoms with Crippen LogP contribution in [0.15, 0.2) is 42.5 Å². The summed E-state index contributed by atoms with van der Waals surface area (Å²) in [6, 6.07) is 8.51. The molecule has 1 heterocycles. The van der Waals surface area contributed by atoms with Crippen LogP contribution in [0.4, 0.5) is 23.1 Å². The number of ether oxygens (including phenoxy) is 2. The first-order chi connectivity index (χ1) is 18.7. The van der Waals surface area contributed by atoms with Gasteiger partial charge in [-0.1, -0.05) is 23.5 Å². The first kappa shape index (κ1) is 29.5. The highest BCUT2D eigenvalue weighted by Crippen LogP contribution is 2.26. The summed E-state index contributed by atoms with van der Waals surface area (Å²) in [5, 5.41) is 12.0. The first-order valence-corrected chi connectivity index (χ1v) is 12.6. The van der Waals surface area contributed by atoms with Crippen molar-refractivity contribution in [1.29, 1.82) is 0 Å². The molecule has 2 amide bonds. The number of anilines is 1. The quantitative estimate of drug-likeness (QED) is 0.244. The van der Waals surface area contributed by atoms with Crippen LogP contribution in [0.3, 0.4) is 0 Å². The van der Waals surface area contributed by atoms with E-state index in [1.807, 2.05) is 0 Å². The zero-order valence-electron chi connectivity index (χ0n) is 21.1. The summed E-state index contributed by atoms with van der Waals surface area (Å²) >= 11 is 1.04. The molecule has 3 aromatic rings. The Morgan fingerprint density at radius 1 is 1.08 bits per heavy atom. The number of nitrogens with one attached hydrogen (secondary N) is 2. The van der Waals surface area contributed by atoms with E-state index in [4.69, 9.17) is 4.74 Å². The van der Waals surface area contributed by atoms with Gasteiger partial charge in [-0.05, 0) is 43.2 Å². The minimum absolute atomic E-state index is 0.0125. The van der Waals surface area contributed by atoms with E-state index in [0.29, 0.717) is 17.0 Å². The zero-order valence-corrected chi connectivity index (χ0v) is 21.9. The van der Waals surface area contributed by atoms with Crippen molar-refractivity contribution in [3.8, 4) is 10.6 Å². The molecule has 0 unspecified atom stereocenters. The van der Waals surface area contributed by atoms with Crippen molar-refractivity contribution in [2.45, 2.75) is 38.8 Å². The lowest BCUT2D eigenvalue weighted by molar-refractivity contribution is -0.140. The van der Waals surface area contributed by atoms with Gasteiger partial charge in [-0.3, -0.25) is 19.9 Å². The molecule has 0 aliphatic carbocycles. The lowest BCUT2D eigenvalue weighted by Crippen LogP contribution is -2.50. The molecule has 2 N–H and O–H groups in total. The van der Waals surface area contributed by atoms with Crippen molar-refractivity contribution in [1.82, 2.24) is 20.6 Å². The van der Waals surface area contributed by atoms with E-state index in [1.165, 1.54) is 50.4 Å². The van der Waals surface area contributed by atoms with Crippen molar-refractivity contribution in [3.63, 3.8) is 0 Å².